The van der Waals surface area contributed by atoms with Crippen molar-refractivity contribution in [3.63, 3.8) is 0 Å². The van der Waals surface area contributed by atoms with Crippen LogP contribution in [0, 0.1) is 6.92 Å². The minimum Gasteiger partial charge on any atom is -0.325 e. The summed E-state index contributed by atoms with van der Waals surface area (Å²) in [6, 6.07) is 18.3. The summed E-state index contributed by atoms with van der Waals surface area (Å²) >= 11 is 1.36. The Morgan fingerprint density at radius 1 is 0.938 bits per heavy atom. The Morgan fingerprint density at radius 2 is 1.69 bits per heavy atom. The largest absolute Gasteiger partial charge is 0.325 e. The van der Waals surface area contributed by atoms with Crippen molar-refractivity contribution in [3.8, 4) is 5.69 Å². The Kier molecular flexibility index (Phi) is 6.62. The summed E-state index contributed by atoms with van der Waals surface area (Å²) in [6.07, 6.45) is 6.74. The molecular weight excluding hydrogens is 422 g/mol. The molecule has 4 aromatic rings. The van der Waals surface area contributed by atoms with Crippen molar-refractivity contribution < 1.29 is 9.59 Å². The van der Waals surface area contributed by atoms with Crippen molar-refractivity contribution in [2.75, 3.05) is 16.4 Å². The molecule has 4 rings (SSSR count). The predicted octanol–water partition coefficient (Wildman–Crippen LogP) is 4.56. The van der Waals surface area contributed by atoms with Crippen molar-refractivity contribution in [2.45, 2.75) is 12.1 Å². The molecule has 0 aliphatic heterocycles. The third kappa shape index (κ3) is 5.22. The van der Waals surface area contributed by atoms with Gasteiger partial charge in [0.25, 0.3) is 5.91 Å². The second kappa shape index (κ2) is 9.93. The Hall–Kier alpha value is -3.91. The number of amides is 2. The lowest BCUT2D eigenvalue weighted by Crippen LogP contribution is -2.15. The van der Waals surface area contributed by atoms with Gasteiger partial charge in [-0.3, -0.25) is 19.1 Å². The fraction of sp³-hybridized carbons (Fsp3) is 0.0833. The molecule has 8 heteroatoms. The molecule has 32 heavy (non-hydrogen) atoms. The number of para-hydroxylation sites is 1. The monoisotopic (exact) mass is 443 g/mol. The molecule has 0 bridgehead atoms. The van der Waals surface area contributed by atoms with Crippen molar-refractivity contribution >= 4 is 35.0 Å². The molecule has 2 N–H and O–H groups in total. The van der Waals surface area contributed by atoms with Crippen molar-refractivity contribution in [2.24, 2.45) is 0 Å². The van der Waals surface area contributed by atoms with Crippen LogP contribution in [0.4, 0.5) is 11.4 Å². The van der Waals surface area contributed by atoms with Crippen LogP contribution in [0.1, 0.15) is 15.9 Å². The van der Waals surface area contributed by atoms with E-state index in [0.717, 1.165) is 16.4 Å². The number of carbonyl (C=O) groups is 2. The fourth-order valence-electron chi connectivity index (χ4n) is 3.12. The predicted molar refractivity (Wildman–Crippen MR) is 126 cm³/mol. The van der Waals surface area contributed by atoms with Gasteiger partial charge >= 0.3 is 0 Å². The number of carbonyl (C=O) groups excluding carboxylic acids is 2. The third-order valence-electron chi connectivity index (χ3n) is 4.66. The smallest absolute Gasteiger partial charge is 0.255 e. The highest BCUT2D eigenvalue weighted by molar-refractivity contribution is 7.99. The maximum absolute atomic E-state index is 12.5. The number of aryl methyl sites for hydroxylation is 1. The first-order valence-corrected chi connectivity index (χ1v) is 10.9. The van der Waals surface area contributed by atoms with E-state index >= 15 is 0 Å². The van der Waals surface area contributed by atoms with Crippen LogP contribution < -0.4 is 10.6 Å². The van der Waals surface area contributed by atoms with E-state index in [1.807, 2.05) is 42.0 Å². The molecule has 0 unspecified atom stereocenters. The van der Waals surface area contributed by atoms with Crippen molar-refractivity contribution in [1.82, 2.24) is 14.5 Å². The second-order valence-corrected chi connectivity index (χ2v) is 7.92. The van der Waals surface area contributed by atoms with Gasteiger partial charge in [-0.1, -0.05) is 36.0 Å². The zero-order valence-corrected chi connectivity index (χ0v) is 18.2. The Bertz CT molecular complexity index is 1240. The van der Waals surface area contributed by atoms with Crippen LogP contribution in [0.2, 0.25) is 0 Å². The molecule has 0 aliphatic rings. The Balaban J connectivity index is 1.37. The number of nitrogens with one attached hydrogen (secondary N) is 2. The molecule has 2 amide bonds. The van der Waals surface area contributed by atoms with Crippen LogP contribution in [0.15, 0.2) is 90.6 Å². The van der Waals surface area contributed by atoms with Crippen LogP contribution in [-0.4, -0.2) is 32.1 Å². The Morgan fingerprint density at radius 3 is 2.47 bits per heavy atom. The summed E-state index contributed by atoms with van der Waals surface area (Å²) in [5, 5.41) is 6.43. The molecule has 0 spiro atoms. The van der Waals surface area contributed by atoms with Gasteiger partial charge in [0.15, 0.2) is 5.16 Å². The summed E-state index contributed by atoms with van der Waals surface area (Å²) in [5.74, 6) is -0.197. The average molecular weight is 444 g/mol. The van der Waals surface area contributed by atoms with E-state index in [1.165, 1.54) is 11.8 Å². The number of rotatable bonds is 7. The summed E-state index contributed by atoms with van der Waals surface area (Å²) in [6.45, 7) is 2.04. The summed E-state index contributed by atoms with van der Waals surface area (Å²) in [7, 11) is 0. The Labute approximate surface area is 189 Å². The van der Waals surface area contributed by atoms with Crippen LogP contribution in [-0.2, 0) is 4.79 Å². The third-order valence-corrected chi connectivity index (χ3v) is 5.63. The van der Waals surface area contributed by atoms with E-state index in [0.29, 0.717) is 16.9 Å². The molecule has 0 saturated carbocycles. The number of imidazole rings is 1. The molecule has 160 valence electrons. The van der Waals surface area contributed by atoms with Gasteiger partial charge < -0.3 is 10.6 Å². The highest BCUT2D eigenvalue weighted by atomic mass is 32.2. The molecule has 2 aromatic carbocycles. The van der Waals surface area contributed by atoms with Gasteiger partial charge in [0.2, 0.25) is 5.91 Å². The average Bonchev–Trinajstić information content (AvgIpc) is 3.27. The molecule has 0 aliphatic carbocycles. The minimum absolute atomic E-state index is 0.160. The number of aromatic nitrogens is 3. The van der Waals surface area contributed by atoms with Gasteiger partial charge in [-0.15, -0.1) is 0 Å². The van der Waals surface area contributed by atoms with Crippen LogP contribution in [0.3, 0.4) is 0 Å². The fourth-order valence-corrected chi connectivity index (χ4v) is 3.89. The first-order chi connectivity index (χ1) is 15.6. The van der Waals surface area contributed by atoms with Crippen LogP contribution >= 0.6 is 11.8 Å². The van der Waals surface area contributed by atoms with E-state index in [9.17, 15) is 9.59 Å². The maximum atomic E-state index is 12.5. The highest BCUT2D eigenvalue weighted by Gasteiger charge is 2.11. The van der Waals surface area contributed by atoms with E-state index in [2.05, 4.69) is 20.6 Å². The molecular formula is C24H21N5O2S. The maximum Gasteiger partial charge on any atom is 0.255 e. The zero-order chi connectivity index (χ0) is 22.3. The lowest BCUT2D eigenvalue weighted by molar-refractivity contribution is -0.113. The normalized spacial score (nSPS) is 10.5. The molecule has 2 aromatic heterocycles. The summed E-state index contributed by atoms with van der Waals surface area (Å²) in [5.41, 5.74) is 3.86. The zero-order valence-electron chi connectivity index (χ0n) is 17.4. The van der Waals surface area contributed by atoms with Gasteiger partial charge in [-0.05, 0) is 48.9 Å². The van der Waals surface area contributed by atoms with E-state index < -0.39 is 0 Å². The van der Waals surface area contributed by atoms with Gasteiger partial charge in [0.1, 0.15) is 0 Å². The molecule has 7 nitrogen and oxygen atoms in total. The van der Waals surface area contributed by atoms with E-state index in [1.54, 1.807) is 55.0 Å². The van der Waals surface area contributed by atoms with Gasteiger partial charge in [0.05, 0.1) is 11.4 Å². The number of benzene rings is 2. The molecule has 2 heterocycles. The number of anilines is 2. The van der Waals surface area contributed by atoms with Crippen LogP contribution in [0.5, 0.6) is 0 Å². The molecule has 0 saturated heterocycles. The summed E-state index contributed by atoms with van der Waals surface area (Å²) in [4.78, 5) is 33.1. The standard InChI is InChI=1S/C24H21N5O2S/c1-17-5-2-3-8-21(17)29-14-13-26-24(29)32-16-22(30)27-19-6-4-7-20(15-19)28-23(31)18-9-11-25-12-10-18/h2-15H,16H2,1H3,(H,27,30)(H,28,31). The van der Waals surface area contributed by atoms with Crippen molar-refractivity contribution in [3.05, 3.63) is 96.6 Å². The lowest BCUT2D eigenvalue weighted by atomic mass is 10.2. The number of nitrogens with zero attached hydrogens (tertiary/aromatic N) is 3. The molecule has 0 atom stereocenters. The van der Waals surface area contributed by atoms with Gasteiger partial charge in [-0.2, -0.15) is 0 Å². The summed E-state index contributed by atoms with van der Waals surface area (Å²) < 4.78 is 1.97. The number of hydrogen-bond acceptors (Lipinski definition) is 5. The van der Waals surface area contributed by atoms with E-state index in [4.69, 9.17) is 0 Å². The van der Waals surface area contributed by atoms with E-state index in [-0.39, 0.29) is 17.6 Å². The first kappa shape index (κ1) is 21.3. The van der Waals surface area contributed by atoms with Gasteiger partial charge in [-0.25, -0.2) is 4.98 Å². The first-order valence-electron chi connectivity index (χ1n) is 9.93. The minimum atomic E-state index is -0.241. The lowest BCUT2D eigenvalue weighted by Gasteiger charge is -2.11. The number of pyridine rings is 1. The van der Waals surface area contributed by atoms with Crippen molar-refractivity contribution in [1.29, 1.82) is 0 Å². The number of thioether (sulfide) groups is 1. The molecule has 0 radical (unpaired) electrons. The highest BCUT2D eigenvalue weighted by Crippen LogP contribution is 2.23. The van der Waals surface area contributed by atoms with Gasteiger partial charge in [0, 0.05) is 41.7 Å². The van der Waals surface area contributed by atoms with Crippen LogP contribution in [0.25, 0.3) is 5.69 Å². The SMILES string of the molecule is Cc1ccccc1-n1ccnc1SCC(=O)Nc1cccc(NC(=O)c2ccncc2)c1. The topological polar surface area (TPSA) is 88.9 Å². The quantitative estimate of drug-likeness (QED) is 0.409. The molecule has 0 fully saturated rings. The number of hydrogen-bond donors (Lipinski definition) is 2. The second-order valence-electron chi connectivity index (χ2n) is 6.97.